The molecule has 0 aliphatic carbocycles. The van der Waals surface area contributed by atoms with Gasteiger partial charge in [0.05, 0.1) is 5.69 Å². The summed E-state index contributed by atoms with van der Waals surface area (Å²) in [5.41, 5.74) is 2.50. The van der Waals surface area contributed by atoms with Crippen molar-refractivity contribution in [1.82, 2.24) is 0 Å². The van der Waals surface area contributed by atoms with Gasteiger partial charge >= 0.3 is 5.97 Å². The van der Waals surface area contributed by atoms with Crippen molar-refractivity contribution in [2.75, 3.05) is 10.6 Å². The second kappa shape index (κ2) is 9.56. The van der Waals surface area contributed by atoms with Crippen LogP contribution in [0.2, 0.25) is 0 Å². The minimum atomic E-state index is -0.447. The topological polar surface area (TPSA) is 105 Å². The van der Waals surface area contributed by atoms with Crippen LogP contribution in [-0.2, 0) is 10.2 Å². The molecule has 0 aromatic heterocycles. The maximum absolute atomic E-state index is 12.5. The standard InChI is InChI=1S/C26H26N2O5/c1-16(29)33-21-12-7-18(8-13-21)24(31)27-20-11-14-22(23(30)15-20)28-25(32)17-5-9-19(10-6-17)26(2,3)4/h5-15,30H,1-4H3,(H,27,31)(H,28,32). The van der Waals surface area contributed by atoms with E-state index < -0.39 is 11.9 Å². The van der Waals surface area contributed by atoms with Gasteiger partial charge in [0.25, 0.3) is 11.8 Å². The predicted molar refractivity (Wildman–Crippen MR) is 127 cm³/mol. The Morgan fingerprint density at radius 2 is 1.33 bits per heavy atom. The van der Waals surface area contributed by atoms with Crippen molar-refractivity contribution in [3.8, 4) is 11.5 Å². The quantitative estimate of drug-likeness (QED) is 0.287. The SMILES string of the molecule is CC(=O)Oc1ccc(C(=O)Nc2ccc(NC(=O)c3ccc(C(C)(C)C)cc3)c(O)c2)cc1. The fourth-order valence-corrected chi connectivity index (χ4v) is 3.07. The van der Waals surface area contributed by atoms with Crippen LogP contribution in [0.1, 0.15) is 54.0 Å². The number of carbonyl (C=O) groups excluding carboxylic acids is 3. The van der Waals surface area contributed by atoms with Crippen molar-refractivity contribution in [2.24, 2.45) is 0 Å². The Morgan fingerprint density at radius 1 is 0.788 bits per heavy atom. The number of rotatable bonds is 5. The Hall–Kier alpha value is -4.13. The van der Waals surface area contributed by atoms with Crippen molar-refractivity contribution < 1.29 is 24.2 Å². The summed E-state index contributed by atoms with van der Waals surface area (Å²) in [6.07, 6.45) is 0. The number of hydrogen-bond acceptors (Lipinski definition) is 5. The van der Waals surface area contributed by atoms with Gasteiger partial charge in [-0.05, 0) is 59.5 Å². The average Bonchev–Trinajstić information content (AvgIpc) is 2.75. The summed E-state index contributed by atoms with van der Waals surface area (Å²) >= 11 is 0. The summed E-state index contributed by atoms with van der Waals surface area (Å²) in [6.45, 7) is 7.58. The normalized spacial score (nSPS) is 10.9. The van der Waals surface area contributed by atoms with E-state index in [2.05, 4.69) is 31.4 Å². The van der Waals surface area contributed by atoms with Crippen molar-refractivity contribution in [3.63, 3.8) is 0 Å². The highest BCUT2D eigenvalue weighted by Gasteiger charge is 2.15. The van der Waals surface area contributed by atoms with Gasteiger partial charge in [-0.1, -0.05) is 32.9 Å². The van der Waals surface area contributed by atoms with E-state index in [-0.39, 0.29) is 22.8 Å². The maximum Gasteiger partial charge on any atom is 0.308 e. The van der Waals surface area contributed by atoms with Crippen LogP contribution in [0.4, 0.5) is 11.4 Å². The minimum absolute atomic E-state index is 0.0160. The highest BCUT2D eigenvalue weighted by Crippen LogP contribution is 2.28. The average molecular weight is 447 g/mol. The predicted octanol–water partition coefficient (Wildman–Crippen LogP) is 5.12. The van der Waals surface area contributed by atoms with Gasteiger partial charge in [0.1, 0.15) is 11.5 Å². The van der Waals surface area contributed by atoms with Crippen molar-refractivity contribution in [3.05, 3.63) is 83.4 Å². The molecule has 33 heavy (non-hydrogen) atoms. The summed E-state index contributed by atoms with van der Waals surface area (Å²) in [7, 11) is 0. The Kier molecular flexibility index (Phi) is 6.82. The van der Waals surface area contributed by atoms with Gasteiger partial charge in [-0.2, -0.15) is 0 Å². The highest BCUT2D eigenvalue weighted by molar-refractivity contribution is 6.06. The highest BCUT2D eigenvalue weighted by atomic mass is 16.5. The molecule has 7 nitrogen and oxygen atoms in total. The van der Waals surface area contributed by atoms with Gasteiger partial charge in [0, 0.05) is 29.8 Å². The first kappa shape index (κ1) is 23.5. The number of phenols is 1. The Balaban J connectivity index is 1.65. The number of ether oxygens (including phenoxy) is 1. The lowest BCUT2D eigenvalue weighted by molar-refractivity contribution is -0.131. The molecule has 3 aromatic carbocycles. The first-order valence-corrected chi connectivity index (χ1v) is 10.4. The number of aromatic hydroxyl groups is 1. The smallest absolute Gasteiger partial charge is 0.308 e. The fourth-order valence-electron chi connectivity index (χ4n) is 3.07. The van der Waals surface area contributed by atoms with Crippen LogP contribution in [-0.4, -0.2) is 22.9 Å². The van der Waals surface area contributed by atoms with Crippen molar-refractivity contribution >= 4 is 29.2 Å². The maximum atomic E-state index is 12.5. The number of hydrogen-bond donors (Lipinski definition) is 3. The third kappa shape index (κ3) is 6.20. The number of nitrogens with one attached hydrogen (secondary N) is 2. The van der Waals surface area contributed by atoms with Crippen LogP contribution in [0.3, 0.4) is 0 Å². The lowest BCUT2D eigenvalue weighted by atomic mass is 9.87. The molecular formula is C26H26N2O5. The van der Waals surface area contributed by atoms with Crippen LogP contribution in [0.5, 0.6) is 11.5 Å². The first-order chi connectivity index (χ1) is 15.5. The number of esters is 1. The Morgan fingerprint density at radius 3 is 1.85 bits per heavy atom. The third-order valence-corrected chi connectivity index (χ3v) is 4.90. The summed E-state index contributed by atoms with van der Waals surface area (Å²) in [5.74, 6) is -1.05. The van der Waals surface area contributed by atoms with E-state index in [4.69, 9.17) is 4.74 Å². The molecule has 0 spiro atoms. The molecule has 0 aliphatic rings. The number of benzene rings is 3. The second-order valence-corrected chi connectivity index (χ2v) is 8.59. The van der Waals surface area contributed by atoms with Gasteiger partial charge in [0.15, 0.2) is 0 Å². The zero-order valence-electron chi connectivity index (χ0n) is 18.9. The fraction of sp³-hybridized carbons (Fsp3) is 0.192. The number of anilines is 2. The van der Waals surface area contributed by atoms with E-state index >= 15 is 0 Å². The molecule has 170 valence electrons. The number of phenolic OH excluding ortho intramolecular Hbond substituents is 1. The van der Waals surface area contributed by atoms with Crippen LogP contribution in [0.15, 0.2) is 66.7 Å². The summed E-state index contributed by atoms with van der Waals surface area (Å²) in [6, 6.07) is 17.8. The van der Waals surface area contributed by atoms with Crippen LogP contribution < -0.4 is 15.4 Å². The van der Waals surface area contributed by atoms with Gasteiger partial charge in [-0.25, -0.2) is 0 Å². The van der Waals surface area contributed by atoms with E-state index in [1.54, 1.807) is 18.2 Å². The first-order valence-electron chi connectivity index (χ1n) is 10.4. The molecule has 0 fully saturated rings. The number of amides is 2. The zero-order chi connectivity index (χ0) is 24.2. The lowest BCUT2D eigenvalue weighted by Crippen LogP contribution is -2.15. The van der Waals surface area contributed by atoms with Crippen LogP contribution in [0, 0.1) is 0 Å². The molecule has 0 atom stereocenters. The van der Waals surface area contributed by atoms with Crippen LogP contribution >= 0.6 is 0 Å². The molecule has 0 saturated carbocycles. The van der Waals surface area contributed by atoms with Crippen LogP contribution in [0.25, 0.3) is 0 Å². The molecule has 3 aromatic rings. The Bertz CT molecular complexity index is 1180. The molecule has 0 unspecified atom stereocenters. The molecule has 0 aliphatic heterocycles. The Labute approximate surface area is 192 Å². The molecule has 3 rings (SSSR count). The van der Waals surface area contributed by atoms with E-state index in [9.17, 15) is 19.5 Å². The zero-order valence-corrected chi connectivity index (χ0v) is 18.9. The van der Waals surface area contributed by atoms with Crippen molar-refractivity contribution in [1.29, 1.82) is 0 Å². The van der Waals surface area contributed by atoms with Gasteiger partial charge in [0.2, 0.25) is 0 Å². The monoisotopic (exact) mass is 446 g/mol. The van der Waals surface area contributed by atoms with Crippen molar-refractivity contribution in [2.45, 2.75) is 33.1 Å². The minimum Gasteiger partial charge on any atom is -0.506 e. The molecular weight excluding hydrogens is 420 g/mol. The molecule has 2 amide bonds. The van der Waals surface area contributed by atoms with E-state index in [1.807, 2.05) is 12.1 Å². The molecule has 0 radical (unpaired) electrons. The molecule has 0 bridgehead atoms. The second-order valence-electron chi connectivity index (χ2n) is 8.59. The summed E-state index contributed by atoms with van der Waals surface area (Å²) < 4.78 is 4.94. The lowest BCUT2D eigenvalue weighted by Gasteiger charge is -2.19. The van der Waals surface area contributed by atoms with Gasteiger partial charge in [-0.3, -0.25) is 14.4 Å². The largest absolute Gasteiger partial charge is 0.506 e. The summed E-state index contributed by atoms with van der Waals surface area (Å²) in [4.78, 5) is 36.0. The van der Waals surface area contributed by atoms with E-state index in [0.29, 0.717) is 22.6 Å². The molecule has 3 N–H and O–H groups in total. The van der Waals surface area contributed by atoms with Gasteiger partial charge < -0.3 is 20.5 Å². The van der Waals surface area contributed by atoms with Gasteiger partial charge in [-0.15, -0.1) is 0 Å². The molecule has 0 saturated heterocycles. The molecule has 0 heterocycles. The number of carbonyl (C=O) groups is 3. The third-order valence-electron chi connectivity index (χ3n) is 4.90. The summed E-state index contributed by atoms with van der Waals surface area (Å²) in [5, 5.41) is 15.7. The molecule has 7 heteroatoms. The van der Waals surface area contributed by atoms with E-state index in [1.165, 1.54) is 43.3 Å². The van der Waals surface area contributed by atoms with E-state index in [0.717, 1.165) is 5.56 Å².